The van der Waals surface area contributed by atoms with Crippen LogP contribution in [0, 0.1) is 35.0 Å². The topological polar surface area (TPSA) is 340 Å². The molecule has 1 aliphatic heterocycles. The molecule has 3 aromatic carbocycles. The van der Waals surface area contributed by atoms with E-state index in [1.54, 1.807) is 18.5 Å². The number of aromatic nitrogens is 3. The van der Waals surface area contributed by atoms with Crippen molar-refractivity contribution in [1.29, 1.82) is 0 Å². The molecular formula is C54H62F5N6O18S+. The van der Waals surface area contributed by atoms with Crippen molar-refractivity contribution >= 4 is 50.8 Å². The number of aliphatic carboxylic acids is 1. The number of hydrogen-bond acceptors (Lipinski definition) is 18. The van der Waals surface area contributed by atoms with Gasteiger partial charge in [-0.25, -0.2) is 27.7 Å². The summed E-state index contributed by atoms with van der Waals surface area (Å²) in [6.45, 7) is -0.680. The van der Waals surface area contributed by atoms with Crippen molar-refractivity contribution < 1.29 is 112 Å². The van der Waals surface area contributed by atoms with Gasteiger partial charge < -0.3 is 64.6 Å². The van der Waals surface area contributed by atoms with E-state index in [0.29, 0.717) is 18.4 Å². The second-order valence-corrected chi connectivity index (χ2v) is 21.4. The molecule has 456 valence electrons. The molecule has 0 radical (unpaired) electrons. The lowest BCUT2D eigenvalue weighted by atomic mass is 9.95. The zero-order chi connectivity index (χ0) is 60.4. The van der Waals surface area contributed by atoms with Crippen molar-refractivity contribution in [2.75, 3.05) is 58.1 Å². The van der Waals surface area contributed by atoms with Crippen LogP contribution in [0.15, 0.2) is 61.1 Å². The maximum absolute atomic E-state index is 13.8. The smallest absolute Gasteiger partial charge is 0.335 e. The molecule has 2 fully saturated rings. The molecule has 0 spiro atoms. The van der Waals surface area contributed by atoms with E-state index in [9.17, 15) is 75.1 Å². The van der Waals surface area contributed by atoms with Crippen molar-refractivity contribution in [2.24, 2.45) is 11.1 Å². The predicted molar refractivity (Wildman–Crippen MR) is 278 cm³/mol. The minimum absolute atomic E-state index is 0.000862. The van der Waals surface area contributed by atoms with E-state index in [-0.39, 0.29) is 102 Å². The van der Waals surface area contributed by atoms with Gasteiger partial charge in [-0.3, -0.25) is 23.1 Å². The van der Waals surface area contributed by atoms with Crippen LogP contribution in [0.3, 0.4) is 0 Å². The Morgan fingerprint density at radius 3 is 2.19 bits per heavy atom. The lowest BCUT2D eigenvalue weighted by molar-refractivity contribution is -0.668. The van der Waals surface area contributed by atoms with E-state index in [1.165, 1.54) is 17.2 Å². The molecule has 30 heteroatoms. The molecule has 1 saturated carbocycles. The summed E-state index contributed by atoms with van der Waals surface area (Å²) in [6, 6.07) is 14.5. The van der Waals surface area contributed by atoms with E-state index in [4.69, 9.17) is 38.0 Å². The standard InChI is InChI=1S/C54H61F5N6O18S/c55-42-43(56)45(58)50(46(59)44(42)57)82-41(69)12-16-78-18-20-79-19-17-77-15-11-39(67)61-13-9-40(68)63-36-21-28(5-8-38(36)81-54-49(72)47(70)48(71)51(83-54)53(73)74)25-64-27-62-35(23-30-7-6-29-3-1-2-4-33(29)30)34-10-14-65(52(34)64)32-22-31(37(66)24-32)26-80-84(60,75)76/h1-5,8,10,14,21,27,30-32,37,47-49,51,54,66,70-72H,6-7,9,11-13,15-20,22-26H2,(H4-,60,61,63,67,68,73,74,75,76)/p+1/t30-,31+,32-,37+,47-,48-,49+,51-,54+/m0/s1. The van der Waals surface area contributed by atoms with Crippen LogP contribution in [0.25, 0.3) is 11.0 Å². The number of ether oxygens (including phenoxy) is 6. The maximum atomic E-state index is 13.8. The fourth-order valence-electron chi connectivity index (χ4n) is 10.2. The summed E-state index contributed by atoms with van der Waals surface area (Å²) in [7, 11) is -4.27. The number of nitrogens with one attached hydrogen (secondary N) is 2. The van der Waals surface area contributed by atoms with Crippen LogP contribution in [-0.4, -0.2) is 157 Å². The normalized spacial score (nSPS) is 22.2. The average Bonchev–Trinajstić information content (AvgIpc) is 1.98. The molecule has 8 rings (SSSR count). The molecular weight excluding hydrogens is 1150 g/mol. The number of carboxylic acids is 1. The Labute approximate surface area is 476 Å². The zero-order valence-corrected chi connectivity index (χ0v) is 45.6. The number of carboxylic acid groups (broad SMARTS) is 1. The number of carbonyl (C=O) groups is 4. The number of benzene rings is 3. The second kappa shape index (κ2) is 28.4. The van der Waals surface area contributed by atoms with Crippen molar-refractivity contribution in [3.63, 3.8) is 0 Å². The molecule has 5 aromatic rings. The number of fused-ring (bicyclic) bond motifs is 2. The first kappa shape index (κ1) is 63.2. The number of nitrogens with two attached hydrogens (primary N) is 1. The van der Waals surface area contributed by atoms with Gasteiger partial charge in [0, 0.05) is 38.1 Å². The number of rotatable bonds is 28. The fourth-order valence-corrected chi connectivity index (χ4v) is 10.6. The Kier molecular flexibility index (Phi) is 21.3. The van der Waals surface area contributed by atoms with Gasteiger partial charge in [0.05, 0.1) is 88.6 Å². The molecule has 9 atom stereocenters. The summed E-state index contributed by atoms with van der Waals surface area (Å²) in [5, 5.41) is 63.7. The largest absolute Gasteiger partial charge is 0.479 e. The quantitative estimate of drug-likeness (QED) is 0.00675. The van der Waals surface area contributed by atoms with E-state index in [2.05, 4.69) is 27.5 Å². The minimum atomic E-state index is -4.27. The van der Waals surface area contributed by atoms with E-state index < -0.39 is 118 Å². The summed E-state index contributed by atoms with van der Waals surface area (Å²) >= 11 is 0. The Morgan fingerprint density at radius 1 is 0.810 bits per heavy atom. The maximum Gasteiger partial charge on any atom is 0.335 e. The van der Waals surface area contributed by atoms with Gasteiger partial charge in [0.2, 0.25) is 64.9 Å². The summed E-state index contributed by atoms with van der Waals surface area (Å²) in [5.41, 5.74) is 4.63. The van der Waals surface area contributed by atoms with Crippen LogP contribution in [0.2, 0.25) is 0 Å². The van der Waals surface area contributed by atoms with Crippen molar-refractivity contribution in [3.05, 3.63) is 113 Å². The number of carbonyl (C=O) groups excluding carboxylic acids is 3. The van der Waals surface area contributed by atoms with Crippen LogP contribution >= 0.6 is 0 Å². The number of aryl methyl sites for hydroxylation is 1. The highest BCUT2D eigenvalue weighted by atomic mass is 32.2. The summed E-state index contributed by atoms with van der Waals surface area (Å²) in [4.78, 5) is 55.0. The summed E-state index contributed by atoms with van der Waals surface area (Å²) in [6.07, 6.45) is -5.04. The van der Waals surface area contributed by atoms with Gasteiger partial charge in [-0.2, -0.15) is 17.2 Å². The molecule has 2 aliphatic carbocycles. The van der Waals surface area contributed by atoms with Crippen molar-refractivity contribution in [3.8, 4) is 11.5 Å². The van der Waals surface area contributed by atoms with Crippen molar-refractivity contribution in [2.45, 2.75) is 107 Å². The highest BCUT2D eigenvalue weighted by Crippen LogP contribution is 2.40. The second-order valence-electron chi connectivity index (χ2n) is 20.2. The van der Waals surface area contributed by atoms with Crippen molar-refractivity contribution in [1.82, 2.24) is 14.9 Å². The molecule has 3 heterocycles. The lowest BCUT2D eigenvalue weighted by Crippen LogP contribution is -2.61. The number of nitrogens with zero attached hydrogens (tertiary/aromatic N) is 3. The molecule has 84 heavy (non-hydrogen) atoms. The number of halogens is 5. The first-order chi connectivity index (χ1) is 40.1. The van der Waals surface area contributed by atoms with Gasteiger partial charge in [0.15, 0.2) is 6.10 Å². The molecule has 1 saturated heterocycles. The summed E-state index contributed by atoms with van der Waals surface area (Å²) in [5.74, 6) is -17.8. The molecule has 2 aromatic heterocycles. The summed E-state index contributed by atoms with van der Waals surface area (Å²) < 4.78 is 131. The first-order valence-electron chi connectivity index (χ1n) is 26.6. The van der Waals surface area contributed by atoms with Gasteiger partial charge in [0.1, 0.15) is 29.8 Å². The number of hydrogen-bond donors (Lipinski definition) is 8. The van der Waals surface area contributed by atoms with E-state index in [0.717, 1.165) is 29.6 Å². The third-order valence-electron chi connectivity index (χ3n) is 14.4. The Hall–Kier alpha value is -6.84. The fraction of sp³-hybridized carbons (Fsp3) is 0.481. The Balaban J connectivity index is 0.874. The number of aliphatic hydroxyl groups excluding tert-OH is 4. The third-order valence-corrected chi connectivity index (χ3v) is 14.9. The van der Waals surface area contributed by atoms with E-state index in [1.807, 2.05) is 33.5 Å². The number of aliphatic hydroxyl groups is 4. The monoisotopic (exact) mass is 1210 g/mol. The van der Waals surface area contributed by atoms with Crippen LogP contribution in [0.1, 0.15) is 72.9 Å². The van der Waals surface area contributed by atoms with Crippen LogP contribution in [0.5, 0.6) is 11.5 Å². The zero-order valence-electron chi connectivity index (χ0n) is 44.8. The van der Waals surface area contributed by atoms with Gasteiger partial charge in [-0.05, 0) is 60.1 Å². The van der Waals surface area contributed by atoms with Gasteiger partial charge >= 0.3 is 22.2 Å². The third kappa shape index (κ3) is 15.7. The van der Waals surface area contributed by atoms with E-state index >= 15 is 0 Å². The van der Waals surface area contributed by atoms with Gasteiger partial charge in [0.25, 0.3) is 0 Å². The SMILES string of the molecule is NS(=O)(=O)OC[C@H]1C[C@H](n2ccc3c(C[C@@H]4CCc5ccccc54)nc[n+](Cc4ccc(O[C@@H]5O[C@H](C(=O)O)[C@@H](O)[C@H](O)[C@H]5O)c(NC(=O)CCNC(=O)CCOCCOCCOCCC(=O)Oc5c(F)c(F)c(F)c(F)c5F)c4)c32)C[C@H]1O. The molecule has 9 N–H and O–H groups in total. The molecule has 2 amide bonds. The highest BCUT2D eigenvalue weighted by molar-refractivity contribution is 7.84. The minimum Gasteiger partial charge on any atom is -0.479 e. The molecule has 0 bridgehead atoms. The van der Waals surface area contributed by atoms with Gasteiger partial charge in [-0.15, -0.1) is 4.98 Å². The molecule has 3 aliphatic rings. The molecule has 24 nitrogen and oxygen atoms in total. The Morgan fingerprint density at radius 2 is 1.49 bits per heavy atom. The van der Waals surface area contributed by atoms with Crippen LogP contribution in [0.4, 0.5) is 27.6 Å². The number of anilines is 1. The highest BCUT2D eigenvalue weighted by Gasteiger charge is 2.48. The number of amides is 2. The predicted octanol–water partition coefficient (Wildman–Crippen LogP) is 2.02. The average molecular weight is 1210 g/mol. The Bertz CT molecular complexity index is 3280. The number of esters is 1. The van der Waals surface area contributed by atoms with Gasteiger partial charge in [-0.1, -0.05) is 30.3 Å². The lowest BCUT2D eigenvalue weighted by Gasteiger charge is -2.38. The van der Waals surface area contributed by atoms with Crippen LogP contribution < -0.4 is 29.8 Å². The molecule has 0 unspecified atom stereocenters. The van der Waals surface area contributed by atoms with Crippen LogP contribution in [-0.2, 0) is 72.0 Å². The first-order valence-corrected chi connectivity index (χ1v) is 28.1.